The first kappa shape index (κ1) is 13.3. The van der Waals surface area contributed by atoms with Gasteiger partial charge < -0.3 is 10.6 Å². The van der Waals surface area contributed by atoms with Gasteiger partial charge in [0, 0.05) is 24.7 Å². The van der Waals surface area contributed by atoms with Gasteiger partial charge in [0.05, 0.1) is 0 Å². The monoisotopic (exact) mass is 232 g/mol. The van der Waals surface area contributed by atoms with Gasteiger partial charge in [-0.1, -0.05) is 6.92 Å². The van der Waals surface area contributed by atoms with Crippen LogP contribution >= 0.6 is 12.4 Å². The molecule has 0 aromatic heterocycles. The van der Waals surface area contributed by atoms with E-state index in [4.69, 9.17) is 5.73 Å². The van der Waals surface area contributed by atoms with Crippen molar-refractivity contribution in [3.63, 3.8) is 0 Å². The highest BCUT2D eigenvalue weighted by Crippen LogP contribution is 2.31. The molecule has 1 aliphatic carbocycles. The maximum atomic E-state index is 6.14. The van der Waals surface area contributed by atoms with Gasteiger partial charge in [0.15, 0.2) is 0 Å². The zero-order chi connectivity index (χ0) is 10.2. The van der Waals surface area contributed by atoms with Crippen LogP contribution in [0.2, 0.25) is 0 Å². The second kappa shape index (κ2) is 5.03. The fourth-order valence-corrected chi connectivity index (χ4v) is 2.91. The molecule has 2 N–H and O–H groups in total. The number of hydrogen-bond acceptors (Lipinski definition) is 2. The zero-order valence-corrected chi connectivity index (χ0v) is 10.9. The average Bonchev–Trinajstić information content (AvgIpc) is 2.52. The number of piperidine rings is 1. The van der Waals surface area contributed by atoms with E-state index in [1.54, 1.807) is 0 Å². The molecule has 0 spiro atoms. The predicted molar refractivity (Wildman–Crippen MR) is 67.5 cm³/mol. The lowest BCUT2D eigenvalue weighted by Crippen LogP contribution is -2.50. The highest BCUT2D eigenvalue weighted by Gasteiger charge is 2.32. The van der Waals surface area contributed by atoms with E-state index in [1.165, 1.54) is 45.2 Å². The molecule has 0 aromatic rings. The van der Waals surface area contributed by atoms with E-state index >= 15 is 0 Å². The minimum absolute atomic E-state index is 0. The molecule has 1 saturated heterocycles. The van der Waals surface area contributed by atoms with Gasteiger partial charge >= 0.3 is 0 Å². The maximum Gasteiger partial charge on any atom is 0.0150 e. The molecule has 2 aliphatic rings. The number of likely N-dealkylation sites (tertiary alicyclic amines) is 1. The molecule has 3 heteroatoms. The molecular formula is C12H25ClN2. The number of nitrogens with two attached hydrogens (primary N) is 1. The molecule has 2 atom stereocenters. The van der Waals surface area contributed by atoms with E-state index in [0.29, 0.717) is 0 Å². The van der Waals surface area contributed by atoms with Crippen molar-refractivity contribution >= 4 is 12.4 Å². The molecular weight excluding hydrogens is 208 g/mol. The van der Waals surface area contributed by atoms with Crippen molar-refractivity contribution in [3.8, 4) is 0 Å². The van der Waals surface area contributed by atoms with Crippen LogP contribution in [0, 0.1) is 5.92 Å². The third-order valence-corrected chi connectivity index (χ3v) is 4.12. The summed E-state index contributed by atoms with van der Waals surface area (Å²) in [6.07, 6.45) is 6.63. The Hall–Kier alpha value is 0.210. The molecule has 15 heavy (non-hydrogen) atoms. The van der Waals surface area contributed by atoms with Crippen molar-refractivity contribution in [2.45, 2.75) is 57.5 Å². The van der Waals surface area contributed by atoms with E-state index in [0.717, 1.165) is 12.0 Å². The molecule has 1 saturated carbocycles. The summed E-state index contributed by atoms with van der Waals surface area (Å²) in [5.74, 6) is 0.950. The van der Waals surface area contributed by atoms with E-state index in [1.807, 2.05) is 0 Å². The van der Waals surface area contributed by atoms with Crippen LogP contribution in [-0.2, 0) is 0 Å². The Kier molecular flexibility index (Phi) is 4.45. The van der Waals surface area contributed by atoms with E-state index < -0.39 is 0 Å². The predicted octanol–water partition coefficient (Wildman–Crippen LogP) is 2.41. The SMILES string of the molecule is CC1CCC(N2CCC(C)(N)CC2)C1.Cl. The smallest absolute Gasteiger partial charge is 0.0150 e. The van der Waals surface area contributed by atoms with Gasteiger partial charge in [-0.25, -0.2) is 0 Å². The van der Waals surface area contributed by atoms with Crippen molar-refractivity contribution in [2.75, 3.05) is 13.1 Å². The van der Waals surface area contributed by atoms with Crippen LogP contribution in [0.15, 0.2) is 0 Å². The van der Waals surface area contributed by atoms with E-state index in [-0.39, 0.29) is 17.9 Å². The van der Waals surface area contributed by atoms with Crippen molar-refractivity contribution in [1.82, 2.24) is 4.90 Å². The van der Waals surface area contributed by atoms with Crippen molar-refractivity contribution in [1.29, 1.82) is 0 Å². The molecule has 1 aliphatic heterocycles. The zero-order valence-electron chi connectivity index (χ0n) is 10.0. The summed E-state index contributed by atoms with van der Waals surface area (Å²) in [6, 6.07) is 0.876. The minimum Gasteiger partial charge on any atom is -0.325 e. The Labute approximate surface area is 100.0 Å². The maximum absolute atomic E-state index is 6.14. The lowest BCUT2D eigenvalue weighted by atomic mass is 9.90. The Morgan fingerprint density at radius 1 is 1.20 bits per heavy atom. The third kappa shape index (κ3) is 3.33. The van der Waals surface area contributed by atoms with Crippen LogP contribution in [0.25, 0.3) is 0 Å². The summed E-state index contributed by atoms with van der Waals surface area (Å²) < 4.78 is 0. The van der Waals surface area contributed by atoms with Crippen molar-refractivity contribution in [3.05, 3.63) is 0 Å². The molecule has 90 valence electrons. The number of hydrogen-bond donors (Lipinski definition) is 1. The highest BCUT2D eigenvalue weighted by molar-refractivity contribution is 5.85. The Morgan fingerprint density at radius 3 is 2.27 bits per heavy atom. The first-order valence-corrected chi connectivity index (χ1v) is 6.10. The van der Waals surface area contributed by atoms with Gasteiger partial charge in [0.2, 0.25) is 0 Å². The second-order valence-corrected chi connectivity index (χ2v) is 5.76. The molecule has 1 heterocycles. The summed E-state index contributed by atoms with van der Waals surface area (Å²) >= 11 is 0. The van der Waals surface area contributed by atoms with E-state index in [2.05, 4.69) is 18.7 Å². The third-order valence-electron chi connectivity index (χ3n) is 4.12. The summed E-state index contributed by atoms with van der Waals surface area (Å²) in [6.45, 7) is 7.04. The normalized spacial score (nSPS) is 36.2. The molecule has 2 rings (SSSR count). The fraction of sp³-hybridized carbons (Fsp3) is 1.00. The van der Waals surface area contributed by atoms with E-state index in [9.17, 15) is 0 Å². The fourth-order valence-electron chi connectivity index (χ4n) is 2.91. The van der Waals surface area contributed by atoms with Gasteiger partial charge in [-0.05, 0) is 44.9 Å². The summed E-state index contributed by atoms with van der Waals surface area (Å²) in [7, 11) is 0. The molecule has 0 bridgehead atoms. The molecule has 0 aromatic carbocycles. The van der Waals surface area contributed by atoms with Gasteiger partial charge in [-0.15, -0.1) is 12.4 Å². The molecule has 0 radical (unpaired) electrons. The van der Waals surface area contributed by atoms with Crippen molar-refractivity contribution < 1.29 is 0 Å². The number of halogens is 1. The second-order valence-electron chi connectivity index (χ2n) is 5.76. The number of rotatable bonds is 1. The topological polar surface area (TPSA) is 29.3 Å². The summed E-state index contributed by atoms with van der Waals surface area (Å²) in [4.78, 5) is 2.68. The molecule has 2 nitrogen and oxygen atoms in total. The standard InChI is InChI=1S/C12H24N2.ClH/c1-10-3-4-11(9-10)14-7-5-12(2,13)6-8-14;/h10-11H,3-9,13H2,1-2H3;1H. The van der Waals surface area contributed by atoms with Crippen LogP contribution < -0.4 is 5.73 Å². The van der Waals surface area contributed by atoms with Crippen LogP contribution in [0.4, 0.5) is 0 Å². The lowest BCUT2D eigenvalue weighted by molar-refractivity contribution is 0.124. The molecule has 2 unspecified atom stereocenters. The highest BCUT2D eigenvalue weighted by atomic mass is 35.5. The average molecular weight is 233 g/mol. The quantitative estimate of drug-likeness (QED) is 0.753. The lowest BCUT2D eigenvalue weighted by Gasteiger charge is -2.39. The Bertz CT molecular complexity index is 196. The number of nitrogens with zero attached hydrogens (tertiary/aromatic N) is 1. The Balaban J connectivity index is 0.00000112. The van der Waals surface area contributed by atoms with Gasteiger partial charge in [0.1, 0.15) is 0 Å². The van der Waals surface area contributed by atoms with Gasteiger partial charge in [-0.3, -0.25) is 0 Å². The summed E-state index contributed by atoms with van der Waals surface area (Å²) in [5, 5.41) is 0. The van der Waals surface area contributed by atoms with Crippen LogP contribution in [0.5, 0.6) is 0 Å². The molecule has 0 amide bonds. The summed E-state index contributed by atoms with van der Waals surface area (Å²) in [5.41, 5.74) is 6.25. The van der Waals surface area contributed by atoms with Gasteiger partial charge in [-0.2, -0.15) is 0 Å². The van der Waals surface area contributed by atoms with Crippen molar-refractivity contribution in [2.24, 2.45) is 11.7 Å². The first-order chi connectivity index (χ1) is 6.57. The minimum atomic E-state index is 0. The van der Waals surface area contributed by atoms with Gasteiger partial charge in [0.25, 0.3) is 0 Å². The molecule has 2 fully saturated rings. The van der Waals surface area contributed by atoms with Crippen LogP contribution in [0.1, 0.15) is 46.0 Å². The Morgan fingerprint density at radius 2 is 1.80 bits per heavy atom. The first-order valence-electron chi connectivity index (χ1n) is 6.10. The van der Waals surface area contributed by atoms with Crippen LogP contribution in [-0.4, -0.2) is 29.6 Å². The van der Waals surface area contributed by atoms with Crippen LogP contribution in [0.3, 0.4) is 0 Å². The largest absolute Gasteiger partial charge is 0.325 e.